The zero-order valence-corrected chi connectivity index (χ0v) is 14.3. The molecule has 7 heteroatoms. The van der Waals surface area contributed by atoms with Gasteiger partial charge in [0.15, 0.2) is 6.61 Å². The Morgan fingerprint density at radius 1 is 1.20 bits per heavy atom. The molecule has 0 saturated heterocycles. The molecule has 0 unspecified atom stereocenters. The van der Waals surface area contributed by atoms with E-state index in [1.54, 1.807) is 0 Å². The number of halogens is 1. The molecule has 6 nitrogen and oxygen atoms in total. The van der Waals surface area contributed by atoms with Gasteiger partial charge in [-0.2, -0.15) is 0 Å². The van der Waals surface area contributed by atoms with E-state index < -0.39 is 17.6 Å². The first kappa shape index (κ1) is 18.9. The van der Waals surface area contributed by atoms with Crippen molar-refractivity contribution in [1.82, 2.24) is 4.90 Å². The second kappa shape index (κ2) is 9.15. The van der Waals surface area contributed by atoms with E-state index in [9.17, 15) is 18.8 Å². The minimum atomic E-state index is -0.450. The Morgan fingerprint density at radius 3 is 2.48 bits per heavy atom. The number of anilines is 1. The van der Waals surface area contributed by atoms with E-state index in [-0.39, 0.29) is 19.1 Å². The number of nitrogens with one attached hydrogen (secondary N) is 1. The predicted octanol–water partition coefficient (Wildman–Crippen LogP) is 2.35. The number of hydrogen-bond acceptors (Lipinski definition) is 4. The second-order valence-corrected chi connectivity index (χ2v) is 6.32. The minimum absolute atomic E-state index is 0.184. The van der Waals surface area contributed by atoms with Gasteiger partial charge in [0.2, 0.25) is 5.91 Å². The highest BCUT2D eigenvalue weighted by Crippen LogP contribution is 2.27. The van der Waals surface area contributed by atoms with E-state index in [4.69, 9.17) is 4.74 Å². The Morgan fingerprint density at radius 2 is 1.84 bits per heavy atom. The quantitative estimate of drug-likeness (QED) is 0.766. The molecular weight excluding hydrogens is 327 g/mol. The van der Waals surface area contributed by atoms with Gasteiger partial charge in [-0.15, -0.1) is 0 Å². The lowest BCUT2D eigenvalue weighted by molar-refractivity contribution is -0.152. The van der Waals surface area contributed by atoms with E-state index in [0.717, 1.165) is 25.7 Å². The van der Waals surface area contributed by atoms with Crippen LogP contribution in [0.5, 0.6) is 0 Å². The minimum Gasteiger partial charge on any atom is -0.456 e. The van der Waals surface area contributed by atoms with Gasteiger partial charge in [-0.3, -0.25) is 14.4 Å². The second-order valence-electron chi connectivity index (χ2n) is 6.32. The lowest BCUT2D eigenvalue weighted by Gasteiger charge is -2.17. The molecule has 1 N–H and O–H groups in total. The SMILES string of the molecule is CN(CC(=O)Nc1ccc(F)cc1)C(=O)COC(=O)CC1CCCC1. The first-order valence-electron chi connectivity index (χ1n) is 8.39. The Bertz CT molecular complexity index is 612. The molecule has 0 spiro atoms. The standard InChI is InChI=1S/C18H23FN2O4/c1-21(11-16(22)20-15-8-6-14(19)7-9-15)17(23)12-25-18(24)10-13-4-2-3-5-13/h6-9,13H,2-5,10-12H2,1H3,(H,20,22). The monoisotopic (exact) mass is 350 g/mol. The van der Waals surface area contributed by atoms with E-state index in [2.05, 4.69) is 5.32 Å². The Hall–Kier alpha value is -2.44. The van der Waals surface area contributed by atoms with Crippen molar-refractivity contribution in [3.8, 4) is 0 Å². The van der Waals surface area contributed by atoms with Gasteiger partial charge in [-0.25, -0.2) is 4.39 Å². The Kier molecular flexibility index (Phi) is 6.91. The molecule has 0 radical (unpaired) electrons. The van der Waals surface area contributed by atoms with Gasteiger partial charge in [0.05, 0.1) is 6.54 Å². The van der Waals surface area contributed by atoms with Gasteiger partial charge >= 0.3 is 5.97 Å². The molecule has 0 heterocycles. The number of amides is 2. The average molecular weight is 350 g/mol. The number of nitrogens with zero attached hydrogens (tertiary/aromatic N) is 1. The number of esters is 1. The van der Waals surface area contributed by atoms with Crippen LogP contribution in [0.15, 0.2) is 24.3 Å². The fourth-order valence-corrected chi connectivity index (χ4v) is 2.80. The molecule has 0 aromatic heterocycles. The highest BCUT2D eigenvalue weighted by Gasteiger charge is 2.20. The van der Waals surface area contributed by atoms with Crippen molar-refractivity contribution in [2.45, 2.75) is 32.1 Å². The predicted molar refractivity (Wildman–Crippen MR) is 90.2 cm³/mol. The number of hydrogen-bond donors (Lipinski definition) is 1. The molecule has 2 amide bonds. The van der Waals surface area contributed by atoms with Gasteiger partial charge in [-0.1, -0.05) is 12.8 Å². The molecule has 0 bridgehead atoms. The summed E-state index contributed by atoms with van der Waals surface area (Å²) in [6.07, 6.45) is 4.70. The van der Waals surface area contributed by atoms with Crippen LogP contribution in [0.3, 0.4) is 0 Å². The van der Waals surface area contributed by atoms with Crippen molar-refractivity contribution in [1.29, 1.82) is 0 Å². The zero-order chi connectivity index (χ0) is 18.2. The molecule has 1 fully saturated rings. The number of ether oxygens (including phenoxy) is 1. The molecule has 0 atom stereocenters. The average Bonchev–Trinajstić information content (AvgIpc) is 3.07. The number of likely N-dealkylation sites (N-methyl/N-ethyl adjacent to an activating group) is 1. The molecule has 25 heavy (non-hydrogen) atoms. The summed E-state index contributed by atoms with van der Waals surface area (Å²) in [4.78, 5) is 36.7. The van der Waals surface area contributed by atoms with Crippen molar-refractivity contribution in [3.05, 3.63) is 30.1 Å². The van der Waals surface area contributed by atoms with E-state index >= 15 is 0 Å². The lowest BCUT2D eigenvalue weighted by atomic mass is 10.1. The van der Waals surface area contributed by atoms with Gasteiger partial charge < -0.3 is 15.0 Å². The molecule has 1 aliphatic carbocycles. The van der Waals surface area contributed by atoms with Gasteiger partial charge in [-0.05, 0) is 43.0 Å². The molecule has 0 aliphatic heterocycles. The first-order valence-corrected chi connectivity index (χ1v) is 8.39. The summed E-state index contributed by atoms with van der Waals surface area (Å²) >= 11 is 0. The molecule has 1 saturated carbocycles. The molecule has 1 aliphatic rings. The summed E-state index contributed by atoms with van der Waals surface area (Å²) < 4.78 is 17.8. The van der Waals surface area contributed by atoms with Crippen molar-refractivity contribution < 1.29 is 23.5 Å². The van der Waals surface area contributed by atoms with Crippen molar-refractivity contribution in [2.75, 3.05) is 25.5 Å². The molecule has 1 aromatic carbocycles. The van der Waals surface area contributed by atoms with Crippen LogP contribution in [-0.4, -0.2) is 42.9 Å². The summed E-state index contributed by atoms with van der Waals surface area (Å²) in [5.41, 5.74) is 0.440. The van der Waals surface area contributed by atoms with E-state index in [1.807, 2.05) is 0 Å². The van der Waals surface area contributed by atoms with Gasteiger partial charge in [0.25, 0.3) is 5.91 Å². The van der Waals surface area contributed by atoms with Gasteiger partial charge in [0.1, 0.15) is 5.82 Å². The van der Waals surface area contributed by atoms with Gasteiger partial charge in [0, 0.05) is 19.2 Å². The third kappa shape index (κ3) is 6.52. The molecule has 1 aromatic rings. The largest absolute Gasteiger partial charge is 0.456 e. The van der Waals surface area contributed by atoms with Crippen molar-refractivity contribution >= 4 is 23.5 Å². The fourth-order valence-electron chi connectivity index (χ4n) is 2.80. The maximum atomic E-state index is 12.8. The highest BCUT2D eigenvalue weighted by atomic mass is 19.1. The fraction of sp³-hybridized carbons (Fsp3) is 0.500. The number of carbonyl (C=O) groups excluding carboxylic acids is 3. The van der Waals surface area contributed by atoms with Crippen LogP contribution in [0.25, 0.3) is 0 Å². The number of rotatable bonds is 7. The molecular formula is C18H23FN2O4. The van der Waals surface area contributed by atoms with Crippen LogP contribution in [-0.2, 0) is 19.1 Å². The van der Waals surface area contributed by atoms with Crippen molar-refractivity contribution in [2.24, 2.45) is 5.92 Å². The Balaban J connectivity index is 1.68. The van der Waals surface area contributed by atoms with Crippen LogP contribution >= 0.6 is 0 Å². The summed E-state index contributed by atoms with van der Waals surface area (Å²) in [6.45, 7) is -0.553. The normalized spacial score (nSPS) is 14.2. The highest BCUT2D eigenvalue weighted by molar-refractivity contribution is 5.94. The van der Waals surface area contributed by atoms with Crippen LogP contribution in [0, 0.1) is 11.7 Å². The summed E-state index contributed by atoms with van der Waals surface area (Å²) in [7, 11) is 1.46. The van der Waals surface area contributed by atoms with E-state index in [1.165, 1.54) is 36.2 Å². The van der Waals surface area contributed by atoms with Crippen LogP contribution in [0.4, 0.5) is 10.1 Å². The van der Waals surface area contributed by atoms with Crippen LogP contribution in [0.2, 0.25) is 0 Å². The maximum Gasteiger partial charge on any atom is 0.306 e. The lowest BCUT2D eigenvalue weighted by Crippen LogP contribution is -2.37. The Labute approximate surface area is 146 Å². The maximum absolute atomic E-state index is 12.8. The number of carbonyl (C=O) groups is 3. The zero-order valence-electron chi connectivity index (χ0n) is 14.3. The smallest absolute Gasteiger partial charge is 0.306 e. The first-order chi connectivity index (χ1) is 11.9. The summed E-state index contributed by atoms with van der Waals surface area (Å²) in [6, 6.07) is 5.32. The molecule has 136 valence electrons. The van der Waals surface area contributed by atoms with E-state index in [0.29, 0.717) is 18.0 Å². The number of benzene rings is 1. The summed E-state index contributed by atoms with van der Waals surface area (Å²) in [5, 5.41) is 2.56. The van der Waals surface area contributed by atoms with Crippen LogP contribution in [0.1, 0.15) is 32.1 Å². The van der Waals surface area contributed by atoms with Crippen LogP contribution < -0.4 is 5.32 Å². The van der Waals surface area contributed by atoms with Crippen molar-refractivity contribution in [3.63, 3.8) is 0 Å². The topological polar surface area (TPSA) is 75.7 Å². The third-order valence-electron chi connectivity index (χ3n) is 4.22. The molecule has 2 rings (SSSR count). The summed E-state index contributed by atoms with van der Waals surface area (Å²) in [5.74, 6) is -1.27. The third-order valence-corrected chi connectivity index (χ3v) is 4.22.